The molecule has 0 spiro atoms. The van der Waals surface area contributed by atoms with E-state index in [0.29, 0.717) is 0 Å². The summed E-state index contributed by atoms with van der Waals surface area (Å²) < 4.78 is 10.4. The third-order valence-electron chi connectivity index (χ3n) is 3.57. The van der Waals surface area contributed by atoms with Gasteiger partial charge in [-0.25, -0.2) is 0 Å². The largest absolute Gasteiger partial charge is 0.469 e. The second-order valence-electron chi connectivity index (χ2n) is 5.95. The number of rotatable bonds is 5. The molecule has 0 rings (SSSR count). The van der Waals surface area contributed by atoms with Crippen LogP contribution in [0.3, 0.4) is 0 Å². The van der Waals surface area contributed by atoms with Gasteiger partial charge < -0.3 is 14.3 Å². The van der Waals surface area contributed by atoms with Crippen LogP contribution in [-0.2, 0) is 14.0 Å². The van der Waals surface area contributed by atoms with Gasteiger partial charge in [-0.3, -0.25) is 4.79 Å². The summed E-state index contributed by atoms with van der Waals surface area (Å²) in [5.41, 5.74) is 0. The fraction of sp³-hybridized carbons (Fsp3) is 0.917. The van der Waals surface area contributed by atoms with Crippen LogP contribution in [0.5, 0.6) is 0 Å². The summed E-state index contributed by atoms with van der Waals surface area (Å²) in [5.74, 6) is -0.957. The average Bonchev–Trinajstić information content (AvgIpc) is 2.22. The predicted molar refractivity (Wildman–Crippen MR) is 70.3 cm³/mol. The Balaban J connectivity index is 4.34. The van der Waals surface area contributed by atoms with Gasteiger partial charge in [0.15, 0.2) is 8.32 Å². The Bertz CT molecular complexity index is 258. The van der Waals surface area contributed by atoms with E-state index < -0.39 is 26.3 Å². The molecular weight excluding hydrogens is 236 g/mol. The van der Waals surface area contributed by atoms with Crippen molar-refractivity contribution in [2.24, 2.45) is 5.92 Å². The molecule has 0 aliphatic rings. The van der Waals surface area contributed by atoms with E-state index in [-0.39, 0.29) is 11.6 Å². The predicted octanol–water partition coefficient (Wildman–Crippen LogP) is 2.18. The number of ether oxygens (including phenoxy) is 1. The Labute approximate surface area is 105 Å². The minimum absolute atomic E-state index is 0.0984. The van der Waals surface area contributed by atoms with Gasteiger partial charge in [-0.15, -0.1) is 0 Å². The lowest BCUT2D eigenvalue weighted by atomic mass is 10.1. The molecule has 0 aliphatic carbocycles. The Kier molecular flexibility index (Phi) is 5.84. The van der Waals surface area contributed by atoms with Gasteiger partial charge in [-0.05, 0) is 25.1 Å². The van der Waals surface area contributed by atoms with Crippen molar-refractivity contribution in [2.75, 3.05) is 13.7 Å². The summed E-state index contributed by atoms with van der Waals surface area (Å²) in [6, 6.07) is 0. The topological polar surface area (TPSA) is 55.8 Å². The first kappa shape index (κ1) is 16.6. The molecule has 0 unspecified atom stereocenters. The van der Waals surface area contributed by atoms with Crippen LogP contribution in [0.25, 0.3) is 0 Å². The van der Waals surface area contributed by atoms with Gasteiger partial charge in [0.05, 0.1) is 25.7 Å². The maximum absolute atomic E-state index is 11.2. The van der Waals surface area contributed by atoms with E-state index in [1.807, 2.05) is 0 Å². The highest BCUT2D eigenvalue weighted by Gasteiger charge is 2.38. The molecule has 17 heavy (non-hydrogen) atoms. The van der Waals surface area contributed by atoms with Gasteiger partial charge in [-0.1, -0.05) is 20.8 Å². The van der Waals surface area contributed by atoms with E-state index in [1.54, 1.807) is 6.92 Å². The lowest BCUT2D eigenvalue weighted by Gasteiger charge is -2.37. The highest BCUT2D eigenvalue weighted by atomic mass is 28.4. The molecule has 0 saturated carbocycles. The van der Waals surface area contributed by atoms with Gasteiger partial charge in [0.25, 0.3) is 0 Å². The number of hydrogen-bond donors (Lipinski definition) is 1. The fourth-order valence-electron chi connectivity index (χ4n) is 0.998. The number of carbonyl (C=O) groups is 1. The quantitative estimate of drug-likeness (QED) is 0.609. The van der Waals surface area contributed by atoms with Crippen molar-refractivity contribution in [3.8, 4) is 0 Å². The Morgan fingerprint density at radius 3 is 2.18 bits per heavy atom. The minimum Gasteiger partial charge on any atom is -0.469 e. The molecule has 0 aliphatic heterocycles. The number of carbonyl (C=O) groups excluding carboxylic acids is 1. The molecule has 5 heteroatoms. The molecule has 0 bridgehead atoms. The molecule has 0 aromatic rings. The monoisotopic (exact) mass is 262 g/mol. The Hall–Kier alpha value is -0.393. The van der Waals surface area contributed by atoms with E-state index in [1.165, 1.54) is 7.11 Å². The van der Waals surface area contributed by atoms with E-state index in [9.17, 15) is 9.90 Å². The molecule has 0 heterocycles. The van der Waals surface area contributed by atoms with E-state index in [0.717, 1.165) is 0 Å². The van der Waals surface area contributed by atoms with Crippen LogP contribution in [0.1, 0.15) is 27.7 Å². The first-order valence-corrected chi connectivity index (χ1v) is 8.83. The maximum Gasteiger partial charge on any atom is 0.311 e. The lowest BCUT2D eigenvalue weighted by molar-refractivity contribution is -0.149. The summed E-state index contributed by atoms with van der Waals surface area (Å²) in [6.07, 6.45) is -0.809. The van der Waals surface area contributed by atoms with Crippen LogP contribution in [0.4, 0.5) is 0 Å². The van der Waals surface area contributed by atoms with Crippen molar-refractivity contribution in [3.05, 3.63) is 0 Å². The SMILES string of the molecule is COC(=O)[C@@H](C)[C@H](O)CO[Si](C)(C)C(C)(C)C. The molecular formula is C12H26O4Si. The summed E-state index contributed by atoms with van der Waals surface area (Å²) in [4.78, 5) is 11.2. The van der Waals surface area contributed by atoms with Crippen molar-refractivity contribution < 1.29 is 19.1 Å². The van der Waals surface area contributed by atoms with Crippen molar-refractivity contribution in [2.45, 2.75) is 51.9 Å². The van der Waals surface area contributed by atoms with Crippen LogP contribution >= 0.6 is 0 Å². The van der Waals surface area contributed by atoms with Crippen LogP contribution in [0.2, 0.25) is 18.1 Å². The summed E-state index contributed by atoms with van der Waals surface area (Å²) in [7, 11) is -0.551. The summed E-state index contributed by atoms with van der Waals surface area (Å²) >= 11 is 0. The second kappa shape index (κ2) is 5.98. The summed E-state index contributed by atoms with van der Waals surface area (Å²) in [6.45, 7) is 12.5. The summed E-state index contributed by atoms with van der Waals surface area (Å²) in [5, 5.41) is 9.94. The highest BCUT2D eigenvalue weighted by molar-refractivity contribution is 6.74. The zero-order chi connectivity index (χ0) is 13.9. The highest BCUT2D eigenvalue weighted by Crippen LogP contribution is 2.36. The van der Waals surface area contributed by atoms with Gasteiger partial charge in [0, 0.05) is 0 Å². The van der Waals surface area contributed by atoms with Gasteiger partial charge in [-0.2, -0.15) is 0 Å². The number of hydrogen-bond acceptors (Lipinski definition) is 4. The molecule has 4 nitrogen and oxygen atoms in total. The van der Waals surface area contributed by atoms with Gasteiger partial charge in [0.2, 0.25) is 0 Å². The van der Waals surface area contributed by atoms with Gasteiger partial charge >= 0.3 is 5.97 Å². The van der Waals surface area contributed by atoms with E-state index in [2.05, 4.69) is 38.6 Å². The number of aliphatic hydroxyl groups is 1. The fourth-order valence-corrected chi connectivity index (χ4v) is 2.02. The zero-order valence-electron chi connectivity index (χ0n) is 12.0. The third kappa shape index (κ3) is 4.77. The van der Waals surface area contributed by atoms with Gasteiger partial charge in [0.1, 0.15) is 0 Å². The molecule has 0 aromatic carbocycles. The molecule has 0 saturated heterocycles. The Morgan fingerprint density at radius 1 is 1.35 bits per heavy atom. The van der Waals surface area contributed by atoms with E-state index >= 15 is 0 Å². The molecule has 1 N–H and O–H groups in total. The standard InChI is InChI=1S/C12H26O4Si/c1-9(11(14)15-5)10(13)8-16-17(6,7)12(2,3)4/h9-10,13H,8H2,1-7H3/t9-,10+/m0/s1. The average molecular weight is 262 g/mol. The van der Waals surface area contributed by atoms with Crippen molar-refractivity contribution in [1.29, 1.82) is 0 Å². The molecule has 2 atom stereocenters. The lowest BCUT2D eigenvalue weighted by Crippen LogP contribution is -2.44. The maximum atomic E-state index is 11.2. The normalized spacial score (nSPS) is 16.5. The van der Waals surface area contributed by atoms with Crippen LogP contribution in [0.15, 0.2) is 0 Å². The molecule has 0 fully saturated rings. The zero-order valence-corrected chi connectivity index (χ0v) is 13.0. The molecule has 0 aromatic heterocycles. The molecule has 0 radical (unpaired) electrons. The smallest absolute Gasteiger partial charge is 0.311 e. The minimum atomic E-state index is -1.87. The van der Waals surface area contributed by atoms with Crippen molar-refractivity contribution >= 4 is 14.3 Å². The van der Waals surface area contributed by atoms with E-state index in [4.69, 9.17) is 4.43 Å². The van der Waals surface area contributed by atoms with Crippen molar-refractivity contribution in [3.63, 3.8) is 0 Å². The second-order valence-corrected chi connectivity index (χ2v) is 10.8. The number of esters is 1. The van der Waals surface area contributed by atoms with Crippen LogP contribution in [-0.4, -0.2) is 39.2 Å². The molecule has 102 valence electrons. The Morgan fingerprint density at radius 2 is 1.82 bits per heavy atom. The third-order valence-corrected chi connectivity index (χ3v) is 8.07. The first-order valence-electron chi connectivity index (χ1n) is 5.93. The van der Waals surface area contributed by atoms with Crippen LogP contribution in [0, 0.1) is 5.92 Å². The number of methoxy groups -OCH3 is 1. The van der Waals surface area contributed by atoms with Crippen molar-refractivity contribution in [1.82, 2.24) is 0 Å². The van der Waals surface area contributed by atoms with Crippen LogP contribution < -0.4 is 0 Å². The number of aliphatic hydroxyl groups excluding tert-OH is 1. The first-order chi connectivity index (χ1) is 7.53. The molecule has 0 amide bonds.